The average Bonchev–Trinajstić information content (AvgIpc) is 3.10. The number of aromatic nitrogens is 1. The molecule has 33 heavy (non-hydrogen) atoms. The Morgan fingerprint density at radius 2 is 1.94 bits per heavy atom. The number of primary amides is 1. The first-order valence-electron chi connectivity index (χ1n) is 10.5. The minimum absolute atomic E-state index is 0.0712. The number of nitrogens with two attached hydrogens (primary N) is 1. The number of hydrogen-bond donors (Lipinski definition) is 2. The highest BCUT2D eigenvalue weighted by molar-refractivity contribution is 7.20. The molecule has 2 amide bonds. The highest BCUT2D eigenvalue weighted by Gasteiger charge is 2.33. The molecular formula is C23H23F3N4O2S. The van der Waals surface area contributed by atoms with Crippen LogP contribution in [0.3, 0.4) is 0 Å². The lowest BCUT2D eigenvalue weighted by atomic mass is 9.96. The number of amides is 2. The predicted octanol–water partition coefficient (Wildman–Crippen LogP) is 4.57. The van der Waals surface area contributed by atoms with Crippen LogP contribution in [0.15, 0.2) is 36.4 Å². The van der Waals surface area contributed by atoms with E-state index in [0.717, 1.165) is 48.9 Å². The molecule has 0 spiro atoms. The second-order valence-electron chi connectivity index (χ2n) is 8.21. The maximum absolute atomic E-state index is 13.0. The van der Waals surface area contributed by atoms with Gasteiger partial charge in [-0.3, -0.25) is 14.5 Å². The molecule has 174 valence electrons. The fourth-order valence-electron chi connectivity index (χ4n) is 4.04. The van der Waals surface area contributed by atoms with Crippen molar-refractivity contribution in [3.05, 3.63) is 58.1 Å². The standard InChI is InChI=1S/C23H23F3N4O2S/c1-13-17-5-6-18(23(24,25)26)29-22(17)33-19(13)21(32)28-16-4-2-3-14(11-16)12-30-9-7-15(8-10-30)20(27)31/h2-6,11,15H,7-10,12H2,1H3,(H2,27,31)(H,28,32). The van der Waals surface area contributed by atoms with Crippen LogP contribution in [0.25, 0.3) is 10.2 Å². The van der Waals surface area contributed by atoms with Gasteiger partial charge in [0, 0.05) is 23.5 Å². The number of alkyl halides is 3. The minimum atomic E-state index is -4.54. The quantitative estimate of drug-likeness (QED) is 0.565. The van der Waals surface area contributed by atoms with Gasteiger partial charge in [-0.1, -0.05) is 12.1 Å². The lowest BCUT2D eigenvalue weighted by Crippen LogP contribution is -2.38. The molecule has 6 nitrogen and oxygen atoms in total. The van der Waals surface area contributed by atoms with E-state index >= 15 is 0 Å². The molecule has 3 heterocycles. The zero-order valence-corrected chi connectivity index (χ0v) is 18.7. The number of aryl methyl sites for hydroxylation is 1. The van der Waals surface area contributed by atoms with Crippen LogP contribution in [0.4, 0.5) is 18.9 Å². The molecule has 10 heteroatoms. The second kappa shape index (κ2) is 9.11. The monoisotopic (exact) mass is 476 g/mol. The van der Waals surface area contributed by atoms with E-state index in [0.29, 0.717) is 28.1 Å². The molecule has 1 saturated heterocycles. The van der Waals surface area contributed by atoms with Crippen LogP contribution in [0, 0.1) is 12.8 Å². The summed E-state index contributed by atoms with van der Waals surface area (Å²) in [5.74, 6) is -0.706. The number of halogens is 3. The van der Waals surface area contributed by atoms with Crippen molar-refractivity contribution < 1.29 is 22.8 Å². The van der Waals surface area contributed by atoms with Gasteiger partial charge in [-0.15, -0.1) is 11.3 Å². The van der Waals surface area contributed by atoms with Crippen molar-refractivity contribution in [3.8, 4) is 0 Å². The Balaban J connectivity index is 1.46. The number of rotatable bonds is 5. The predicted molar refractivity (Wildman–Crippen MR) is 121 cm³/mol. The van der Waals surface area contributed by atoms with Gasteiger partial charge >= 0.3 is 6.18 Å². The van der Waals surface area contributed by atoms with Gasteiger partial charge in [0.1, 0.15) is 10.5 Å². The summed E-state index contributed by atoms with van der Waals surface area (Å²) in [7, 11) is 0. The van der Waals surface area contributed by atoms with Crippen LogP contribution in [0.2, 0.25) is 0 Å². The zero-order chi connectivity index (χ0) is 23.8. The van der Waals surface area contributed by atoms with Gasteiger partial charge in [0.05, 0.1) is 4.88 Å². The maximum atomic E-state index is 13.0. The average molecular weight is 477 g/mol. The van der Waals surface area contributed by atoms with E-state index in [1.807, 2.05) is 18.2 Å². The first kappa shape index (κ1) is 23.2. The van der Waals surface area contributed by atoms with Crippen molar-refractivity contribution in [2.24, 2.45) is 11.7 Å². The number of nitrogens with one attached hydrogen (secondary N) is 1. The molecule has 0 aliphatic carbocycles. The molecule has 0 bridgehead atoms. The molecule has 0 atom stereocenters. The number of anilines is 1. The Kier molecular flexibility index (Phi) is 6.40. The van der Waals surface area contributed by atoms with Crippen LogP contribution in [-0.2, 0) is 17.5 Å². The number of carbonyl (C=O) groups excluding carboxylic acids is 2. The van der Waals surface area contributed by atoms with Crippen LogP contribution in [-0.4, -0.2) is 34.8 Å². The summed E-state index contributed by atoms with van der Waals surface area (Å²) in [6.07, 6.45) is -3.06. The van der Waals surface area contributed by atoms with Gasteiger partial charge in [-0.25, -0.2) is 4.98 Å². The van der Waals surface area contributed by atoms with E-state index in [1.54, 1.807) is 13.0 Å². The largest absolute Gasteiger partial charge is 0.433 e. The Labute approximate surface area is 192 Å². The molecular weight excluding hydrogens is 453 g/mol. The summed E-state index contributed by atoms with van der Waals surface area (Å²) in [4.78, 5) is 30.7. The number of piperidine rings is 1. The number of likely N-dealkylation sites (tertiary alicyclic amines) is 1. The lowest BCUT2D eigenvalue weighted by Gasteiger charge is -2.30. The summed E-state index contributed by atoms with van der Waals surface area (Å²) in [6.45, 7) is 3.94. The van der Waals surface area contributed by atoms with Crippen molar-refractivity contribution in [1.29, 1.82) is 0 Å². The SMILES string of the molecule is Cc1c(C(=O)Nc2cccc(CN3CCC(C(N)=O)CC3)c2)sc2nc(C(F)(F)F)ccc12. The Morgan fingerprint density at radius 3 is 2.61 bits per heavy atom. The van der Waals surface area contributed by atoms with Crippen LogP contribution >= 0.6 is 11.3 Å². The van der Waals surface area contributed by atoms with Crippen molar-refractivity contribution in [1.82, 2.24) is 9.88 Å². The zero-order valence-electron chi connectivity index (χ0n) is 17.9. The summed E-state index contributed by atoms with van der Waals surface area (Å²) < 4.78 is 38.9. The Hall–Kier alpha value is -2.98. The highest BCUT2D eigenvalue weighted by atomic mass is 32.1. The van der Waals surface area contributed by atoms with Gasteiger partial charge < -0.3 is 11.1 Å². The number of thiophene rings is 1. The van der Waals surface area contributed by atoms with Crippen molar-refractivity contribution >= 4 is 39.1 Å². The molecule has 1 aliphatic rings. The third-order valence-corrected chi connectivity index (χ3v) is 7.08. The number of benzene rings is 1. The van der Waals surface area contributed by atoms with Crippen LogP contribution in [0.5, 0.6) is 0 Å². The maximum Gasteiger partial charge on any atom is 0.433 e. The van der Waals surface area contributed by atoms with Crippen LogP contribution < -0.4 is 11.1 Å². The summed E-state index contributed by atoms with van der Waals surface area (Å²) in [6, 6.07) is 9.73. The van der Waals surface area contributed by atoms with Gasteiger partial charge in [-0.05, 0) is 68.2 Å². The van der Waals surface area contributed by atoms with E-state index in [4.69, 9.17) is 5.73 Å². The normalized spacial score (nSPS) is 15.6. The fourth-order valence-corrected chi connectivity index (χ4v) is 5.12. The van der Waals surface area contributed by atoms with E-state index in [9.17, 15) is 22.8 Å². The van der Waals surface area contributed by atoms with Crippen molar-refractivity contribution in [3.63, 3.8) is 0 Å². The molecule has 0 saturated carbocycles. The number of hydrogen-bond acceptors (Lipinski definition) is 5. The fraction of sp³-hybridized carbons (Fsp3) is 0.348. The number of carbonyl (C=O) groups is 2. The topological polar surface area (TPSA) is 88.3 Å². The molecule has 0 unspecified atom stereocenters. The molecule has 2 aromatic heterocycles. The Morgan fingerprint density at radius 1 is 1.21 bits per heavy atom. The first-order valence-corrected chi connectivity index (χ1v) is 11.3. The van der Waals surface area contributed by atoms with E-state index in [1.165, 1.54) is 6.07 Å². The smallest absolute Gasteiger partial charge is 0.369 e. The van der Waals surface area contributed by atoms with Gasteiger partial charge in [0.2, 0.25) is 5.91 Å². The summed E-state index contributed by atoms with van der Waals surface area (Å²) in [5, 5.41) is 3.38. The molecule has 3 aromatic rings. The summed E-state index contributed by atoms with van der Waals surface area (Å²) >= 11 is 0.948. The third-order valence-electron chi connectivity index (χ3n) is 5.88. The minimum Gasteiger partial charge on any atom is -0.369 e. The third kappa shape index (κ3) is 5.17. The number of fused-ring (bicyclic) bond motifs is 1. The van der Waals surface area contributed by atoms with E-state index in [-0.39, 0.29) is 22.6 Å². The first-order chi connectivity index (χ1) is 15.6. The molecule has 4 rings (SSSR count). The molecule has 3 N–H and O–H groups in total. The summed E-state index contributed by atoms with van der Waals surface area (Å²) in [5.41, 5.74) is 6.62. The number of pyridine rings is 1. The van der Waals surface area contributed by atoms with Crippen molar-refractivity contribution in [2.45, 2.75) is 32.5 Å². The van der Waals surface area contributed by atoms with Crippen LogP contribution in [0.1, 0.15) is 39.3 Å². The molecule has 1 aliphatic heterocycles. The van der Waals surface area contributed by atoms with Gasteiger partial charge in [-0.2, -0.15) is 13.2 Å². The van der Waals surface area contributed by atoms with Gasteiger partial charge in [0.15, 0.2) is 0 Å². The highest BCUT2D eigenvalue weighted by Crippen LogP contribution is 2.34. The van der Waals surface area contributed by atoms with E-state index < -0.39 is 11.9 Å². The molecule has 0 radical (unpaired) electrons. The van der Waals surface area contributed by atoms with E-state index in [2.05, 4.69) is 15.2 Å². The van der Waals surface area contributed by atoms with Crippen molar-refractivity contribution in [2.75, 3.05) is 18.4 Å². The lowest BCUT2D eigenvalue weighted by molar-refractivity contribution is -0.141. The number of nitrogens with zero attached hydrogens (tertiary/aromatic N) is 2. The van der Waals surface area contributed by atoms with Gasteiger partial charge in [0.25, 0.3) is 5.91 Å². The molecule has 1 aromatic carbocycles. The Bertz CT molecular complexity index is 1200. The second-order valence-corrected chi connectivity index (χ2v) is 9.21. The molecule has 1 fully saturated rings.